The van der Waals surface area contributed by atoms with E-state index in [0.717, 1.165) is 25.7 Å². The highest BCUT2D eigenvalue weighted by Crippen LogP contribution is 2.52. The van der Waals surface area contributed by atoms with Crippen molar-refractivity contribution in [3.8, 4) is 0 Å². The summed E-state index contributed by atoms with van der Waals surface area (Å²) < 4.78 is 83.3. The van der Waals surface area contributed by atoms with E-state index in [0.29, 0.717) is 13.0 Å². The molecule has 0 aromatic rings. The van der Waals surface area contributed by atoms with Crippen LogP contribution in [0, 0.1) is 5.92 Å². The molecular formula is C22H31F5O8. The van der Waals surface area contributed by atoms with Crippen LogP contribution in [0.4, 0.5) is 22.0 Å². The average Bonchev–Trinajstić information content (AvgIpc) is 2.75. The third-order valence-corrected chi connectivity index (χ3v) is 5.82. The van der Waals surface area contributed by atoms with Gasteiger partial charge in [0.05, 0.1) is 5.60 Å². The molecule has 1 aliphatic carbocycles. The van der Waals surface area contributed by atoms with Crippen molar-refractivity contribution in [3.05, 3.63) is 25.3 Å². The topological polar surface area (TPSA) is 112 Å². The van der Waals surface area contributed by atoms with Crippen LogP contribution in [0.25, 0.3) is 0 Å². The van der Waals surface area contributed by atoms with Crippen molar-refractivity contribution in [2.75, 3.05) is 13.4 Å². The van der Waals surface area contributed by atoms with Crippen LogP contribution < -0.4 is 0 Å². The molecule has 1 aliphatic heterocycles. The van der Waals surface area contributed by atoms with Gasteiger partial charge >= 0.3 is 29.8 Å². The number of aliphatic hydroxyl groups is 2. The first-order chi connectivity index (χ1) is 15.9. The van der Waals surface area contributed by atoms with Gasteiger partial charge in [0.1, 0.15) is 12.7 Å². The number of halogens is 5. The standard InChI is InChI=1S/C12H20O3.C10H11F5O5/c1-4-11(13)15-10-8-6-5-7-9(10)12(2,3)14;1-3-6(16)18-4-7(2)8(11,12)9(17,10(13,14)15)20-5-19-7/h4,9-10,14H,1,5-8H2,2-3H3;3,17H,1,4-5H2,2H3. The molecule has 13 heteroatoms. The van der Waals surface area contributed by atoms with Gasteiger partial charge in [-0.25, -0.2) is 9.59 Å². The highest BCUT2D eigenvalue weighted by Gasteiger charge is 2.79. The number of rotatable bonds is 6. The Kier molecular flexibility index (Phi) is 10.0. The van der Waals surface area contributed by atoms with E-state index in [1.165, 1.54) is 6.08 Å². The quantitative estimate of drug-likeness (QED) is 0.313. The summed E-state index contributed by atoms with van der Waals surface area (Å²) in [6.45, 7) is 7.99. The van der Waals surface area contributed by atoms with E-state index in [2.05, 4.69) is 27.4 Å². The smallest absolute Gasteiger partial charge is 0.449 e. The lowest BCUT2D eigenvalue weighted by molar-refractivity contribution is -0.501. The Morgan fingerprint density at radius 2 is 1.63 bits per heavy atom. The van der Waals surface area contributed by atoms with E-state index in [1.807, 2.05) is 0 Å². The molecule has 4 unspecified atom stereocenters. The molecule has 2 N–H and O–H groups in total. The third-order valence-electron chi connectivity index (χ3n) is 5.82. The maximum absolute atomic E-state index is 13.9. The van der Waals surface area contributed by atoms with Gasteiger partial charge in [-0.3, -0.25) is 0 Å². The van der Waals surface area contributed by atoms with E-state index in [4.69, 9.17) is 9.84 Å². The number of esters is 2. The first-order valence-corrected chi connectivity index (χ1v) is 10.7. The van der Waals surface area contributed by atoms with E-state index >= 15 is 0 Å². The second-order valence-corrected chi connectivity index (χ2v) is 8.89. The first-order valence-electron chi connectivity index (χ1n) is 10.7. The van der Waals surface area contributed by atoms with Gasteiger partial charge in [0.15, 0.2) is 12.4 Å². The van der Waals surface area contributed by atoms with E-state index in [1.54, 1.807) is 13.8 Å². The Morgan fingerprint density at radius 3 is 2.11 bits per heavy atom. The SMILES string of the molecule is C=CC(=O)OC1CCCCC1C(C)(C)O.C=CC(=O)OCC1(C)OCOC(O)(C(F)(F)F)C1(F)F. The summed E-state index contributed by atoms with van der Waals surface area (Å²) >= 11 is 0. The fourth-order valence-electron chi connectivity index (χ4n) is 3.69. The monoisotopic (exact) mass is 518 g/mol. The second kappa shape index (κ2) is 11.3. The molecule has 0 aromatic heterocycles. The molecular weight excluding hydrogens is 487 g/mol. The molecule has 0 amide bonds. The fourth-order valence-corrected chi connectivity index (χ4v) is 3.69. The van der Waals surface area contributed by atoms with Crippen molar-refractivity contribution in [1.82, 2.24) is 0 Å². The minimum atomic E-state index is -5.77. The molecule has 0 bridgehead atoms. The first kappa shape index (κ1) is 30.9. The number of hydrogen-bond donors (Lipinski definition) is 2. The lowest BCUT2D eigenvalue weighted by atomic mass is 9.77. The zero-order valence-electron chi connectivity index (χ0n) is 19.7. The van der Waals surface area contributed by atoms with Crippen molar-refractivity contribution >= 4 is 11.9 Å². The van der Waals surface area contributed by atoms with Gasteiger partial charge in [0, 0.05) is 18.1 Å². The lowest BCUT2D eigenvalue weighted by Gasteiger charge is -2.48. The Balaban J connectivity index is 0.000000365. The Labute approximate surface area is 199 Å². The summed E-state index contributed by atoms with van der Waals surface area (Å²) in [5.74, 6) is -11.1. The van der Waals surface area contributed by atoms with Crippen LogP contribution in [-0.2, 0) is 28.5 Å². The molecule has 1 heterocycles. The molecule has 8 nitrogen and oxygen atoms in total. The normalized spacial score (nSPS) is 30.8. The molecule has 202 valence electrons. The average molecular weight is 518 g/mol. The number of alkyl halides is 5. The summed E-state index contributed by atoms with van der Waals surface area (Å²) in [5, 5.41) is 19.1. The van der Waals surface area contributed by atoms with Crippen LogP contribution in [0.5, 0.6) is 0 Å². The Morgan fingerprint density at radius 1 is 1.09 bits per heavy atom. The third kappa shape index (κ3) is 6.99. The van der Waals surface area contributed by atoms with Crippen LogP contribution in [0.2, 0.25) is 0 Å². The Bertz CT molecular complexity index is 779. The molecule has 4 atom stereocenters. The van der Waals surface area contributed by atoms with Gasteiger partial charge in [0.25, 0.3) is 0 Å². The van der Waals surface area contributed by atoms with E-state index < -0.39 is 54.4 Å². The fraction of sp³-hybridized carbons (Fsp3) is 0.727. The van der Waals surface area contributed by atoms with E-state index in [-0.39, 0.29) is 12.0 Å². The predicted octanol–water partition coefficient (Wildman–Crippen LogP) is 3.41. The molecule has 0 aromatic carbocycles. The minimum Gasteiger partial charge on any atom is -0.459 e. The molecule has 1 saturated heterocycles. The van der Waals surface area contributed by atoms with Crippen molar-refractivity contribution in [2.45, 2.75) is 81.6 Å². The zero-order valence-corrected chi connectivity index (χ0v) is 19.7. The molecule has 35 heavy (non-hydrogen) atoms. The van der Waals surface area contributed by atoms with Crippen LogP contribution in [0.1, 0.15) is 46.5 Å². The Hall–Kier alpha value is -2.09. The van der Waals surface area contributed by atoms with Gasteiger partial charge in [0.2, 0.25) is 0 Å². The summed E-state index contributed by atoms with van der Waals surface area (Å²) in [4.78, 5) is 21.9. The van der Waals surface area contributed by atoms with Crippen molar-refractivity contribution in [3.63, 3.8) is 0 Å². The van der Waals surface area contributed by atoms with Crippen molar-refractivity contribution in [1.29, 1.82) is 0 Å². The minimum absolute atomic E-state index is 0.0372. The molecule has 0 radical (unpaired) electrons. The van der Waals surface area contributed by atoms with Crippen molar-refractivity contribution in [2.24, 2.45) is 5.92 Å². The number of carbonyl (C=O) groups is 2. The van der Waals surface area contributed by atoms with Crippen LogP contribution >= 0.6 is 0 Å². The summed E-state index contributed by atoms with van der Waals surface area (Å²) in [7, 11) is 0. The van der Waals surface area contributed by atoms with Crippen LogP contribution in [0.15, 0.2) is 25.3 Å². The van der Waals surface area contributed by atoms with Gasteiger partial charge in [-0.05, 0) is 40.0 Å². The van der Waals surface area contributed by atoms with Gasteiger partial charge in [-0.15, -0.1) is 0 Å². The summed E-state index contributed by atoms with van der Waals surface area (Å²) in [6, 6.07) is 0. The molecule has 1 saturated carbocycles. The van der Waals surface area contributed by atoms with Gasteiger partial charge in [-0.2, -0.15) is 22.0 Å². The second-order valence-electron chi connectivity index (χ2n) is 8.89. The molecule has 0 spiro atoms. The van der Waals surface area contributed by atoms with Crippen LogP contribution in [0.3, 0.4) is 0 Å². The van der Waals surface area contributed by atoms with Crippen LogP contribution in [-0.4, -0.2) is 70.7 Å². The molecule has 2 aliphatic rings. The number of ether oxygens (including phenoxy) is 4. The summed E-state index contributed by atoms with van der Waals surface area (Å²) in [5.41, 5.74) is -3.71. The maximum atomic E-state index is 13.9. The summed E-state index contributed by atoms with van der Waals surface area (Å²) in [6.07, 6.45) is -0.216. The highest BCUT2D eigenvalue weighted by molar-refractivity contribution is 5.81. The zero-order chi connectivity index (χ0) is 27.3. The number of carbonyl (C=O) groups excluding carboxylic acids is 2. The maximum Gasteiger partial charge on any atom is 0.449 e. The lowest BCUT2D eigenvalue weighted by Crippen LogP contribution is -2.73. The number of hydrogen-bond acceptors (Lipinski definition) is 8. The highest BCUT2D eigenvalue weighted by atomic mass is 19.4. The van der Waals surface area contributed by atoms with Gasteiger partial charge in [-0.1, -0.05) is 19.6 Å². The molecule has 2 rings (SSSR count). The van der Waals surface area contributed by atoms with Gasteiger partial charge < -0.3 is 29.2 Å². The largest absolute Gasteiger partial charge is 0.459 e. The predicted molar refractivity (Wildman–Crippen MR) is 111 cm³/mol. The van der Waals surface area contributed by atoms with E-state index in [9.17, 15) is 36.6 Å². The van der Waals surface area contributed by atoms with Crippen molar-refractivity contribution < 1.29 is 60.7 Å². The molecule has 2 fully saturated rings.